The second-order valence-electron chi connectivity index (χ2n) is 15.4. The normalized spacial score (nSPS) is 21.2. The molecule has 8 bridgehead atoms. The fraction of sp³-hybridized carbons (Fsp3) is 0.500. The number of H-pyrrole nitrogens is 2. The minimum absolute atomic E-state index is 0.0559. The van der Waals surface area contributed by atoms with Crippen molar-refractivity contribution in [3.8, 4) is 0 Å². The minimum atomic E-state index is -1.20. The van der Waals surface area contributed by atoms with Crippen molar-refractivity contribution in [2.75, 3.05) is 41.4 Å². The number of esters is 2. The molecule has 0 aromatic carbocycles. The van der Waals surface area contributed by atoms with Crippen LogP contribution in [0.15, 0.2) is 18.2 Å². The average Bonchev–Trinajstić information content (AvgIpc) is 3.80. The maximum Gasteiger partial charge on any atom is 0.321 e. The highest BCUT2D eigenvalue weighted by Crippen LogP contribution is 2.48. The maximum absolute atomic E-state index is 14.2. The van der Waals surface area contributed by atoms with E-state index < -0.39 is 11.9 Å². The molecule has 0 saturated carbocycles. The van der Waals surface area contributed by atoms with Crippen LogP contribution in [-0.4, -0.2) is 89.3 Å². The van der Waals surface area contributed by atoms with Crippen LogP contribution in [0.25, 0.3) is 22.1 Å². The molecule has 11 nitrogen and oxygen atoms in total. The number of aryl methyl sites for hydroxylation is 2. The second kappa shape index (κ2) is 13.5. The van der Waals surface area contributed by atoms with Gasteiger partial charge in [0.2, 0.25) is 0 Å². The SMILES string of the molecule is CC[C@H]1c2cc3[nH]c4c(c3C)C(=O)[C@H](C(=O)OC)c4c3nc(cc4[nH]c(cc(n2)[C@@H]1C)c(C(C)=O)c4C)[C@@H](C)[C@@H]3CCC(=O)OCC[N+](C)(C)C. The van der Waals surface area contributed by atoms with E-state index in [1.165, 1.54) is 7.11 Å². The predicted octanol–water partition coefficient (Wildman–Crippen LogP) is 6.80. The Bertz CT molecular complexity index is 2120. The number of nitrogens with zero attached hydrogens (tertiary/aromatic N) is 3. The molecule has 6 rings (SSSR count). The maximum atomic E-state index is 14.2. The number of hydrogen-bond donors (Lipinski definition) is 2. The first-order valence-electron chi connectivity index (χ1n) is 17.9. The Kier molecular flexibility index (Phi) is 9.56. The van der Waals surface area contributed by atoms with E-state index in [0.29, 0.717) is 63.2 Å². The monoisotopic (exact) mass is 696 g/mol. The van der Waals surface area contributed by atoms with E-state index in [9.17, 15) is 19.2 Å². The third-order valence-electron chi connectivity index (χ3n) is 11.1. The number of nitrogens with one attached hydrogen (secondary N) is 2. The Morgan fingerprint density at radius 2 is 1.51 bits per heavy atom. The van der Waals surface area contributed by atoms with Crippen molar-refractivity contribution < 1.29 is 33.1 Å². The molecule has 0 radical (unpaired) electrons. The quantitative estimate of drug-likeness (QED) is 0.108. The molecular formula is C40H50N5O6+. The van der Waals surface area contributed by atoms with Gasteiger partial charge in [0, 0.05) is 74.9 Å². The molecule has 0 saturated heterocycles. The van der Waals surface area contributed by atoms with Gasteiger partial charge in [0.25, 0.3) is 0 Å². The summed E-state index contributed by atoms with van der Waals surface area (Å²) >= 11 is 0. The molecule has 0 fully saturated rings. The number of fused-ring (bicyclic) bond motifs is 8. The molecule has 0 unspecified atom stereocenters. The van der Waals surface area contributed by atoms with Crippen molar-refractivity contribution in [2.24, 2.45) is 0 Å². The summed E-state index contributed by atoms with van der Waals surface area (Å²) in [7, 11) is 7.40. The molecule has 270 valence electrons. The fourth-order valence-corrected chi connectivity index (χ4v) is 8.11. The summed E-state index contributed by atoms with van der Waals surface area (Å²) in [6, 6.07) is 5.95. The van der Waals surface area contributed by atoms with Crippen molar-refractivity contribution in [1.29, 1.82) is 0 Å². The van der Waals surface area contributed by atoms with Crippen molar-refractivity contribution in [3.05, 3.63) is 68.8 Å². The zero-order chi connectivity index (χ0) is 37.1. The highest BCUT2D eigenvalue weighted by molar-refractivity contribution is 6.23. The molecule has 5 atom stereocenters. The van der Waals surface area contributed by atoms with E-state index in [1.54, 1.807) is 6.92 Å². The molecular weight excluding hydrogens is 646 g/mol. The van der Waals surface area contributed by atoms with E-state index in [-0.39, 0.29) is 47.6 Å². The summed E-state index contributed by atoms with van der Waals surface area (Å²) in [4.78, 5) is 71.1. The second-order valence-corrected chi connectivity index (χ2v) is 15.4. The molecule has 0 amide bonds. The summed E-state index contributed by atoms with van der Waals surface area (Å²) in [6.45, 7) is 12.7. The molecule has 2 aliphatic heterocycles. The van der Waals surface area contributed by atoms with Gasteiger partial charge in [0.05, 0.1) is 45.0 Å². The Labute approximate surface area is 298 Å². The van der Waals surface area contributed by atoms with Crippen LogP contribution < -0.4 is 0 Å². The lowest BCUT2D eigenvalue weighted by atomic mass is 9.84. The van der Waals surface area contributed by atoms with Crippen molar-refractivity contribution in [2.45, 2.75) is 90.4 Å². The van der Waals surface area contributed by atoms with Gasteiger partial charge in [-0.2, -0.15) is 0 Å². The molecule has 3 aliphatic rings. The Morgan fingerprint density at radius 1 is 0.882 bits per heavy atom. The van der Waals surface area contributed by atoms with Crippen LogP contribution >= 0.6 is 0 Å². The molecule has 2 N–H and O–H groups in total. The summed E-state index contributed by atoms with van der Waals surface area (Å²) in [5.74, 6) is -2.85. The standard InChI is InChI=1S/C40H49N5O6/c1-11-24-19(2)26-18-31-33(23(6)46)21(4)28(42-31)16-27-20(3)25(12-13-32(47)51-15-14-45(7,8)9)37(43-27)35-36(40(49)50-10)39(48)34-22(5)29(44-38(34)35)17-30(24)41-26/h16-20,24-25,36H,11-15H2,1-10H3,(H-,41,42,43,44,46,48)/p+1/t19-,20+,24-,25+,36-/m1/s1. The molecule has 1 aliphatic carbocycles. The Balaban J connectivity index is 1.65. The Hall–Kier alpha value is -4.64. The van der Waals surface area contributed by atoms with Crippen LogP contribution in [0.1, 0.15) is 137 Å². The molecule has 0 spiro atoms. The van der Waals surface area contributed by atoms with Crippen molar-refractivity contribution >= 4 is 45.6 Å². The van der Waals surface area contributed by atoms with Crippen molar-refractivity contribution in [3.63, 3.8) is 0 Å². The highest BCUT2D eigenvalue weighted by atomic mass is 16.5. The number of likely N-dealkylation sites (N-methyl/N-ethyl adjacent to an activating group) is 1. The number of aromatic amines is 2. The third kappa shape index (κ3) is 6.41. The smallest absolute Gasteiger partial charge is 0.321 e. The molecule has 3 aromatic heterocycles. The highest BCUT2D eigenvalue weighted by Gasteiger charge is 2.45. The predicted molar refractivity (Wildman–Crippen MR) is 195 cm³/mol. The first-order valence-corrected chi connectivity index (χ1v) is 17.9. The third-order valence-corrected chi connectivity index (χ3v) is 11.1. The molecule has 3 aromatic rings. The van der Waals surface area contributed by atoms with Gasteiger partial charge in [-0.3, -0.25) is 29.1 Å². The zero-order valence-electron chi connectivity index (χ0n) is 31.4. The number of quaternary nitrogens is 1. The van der Waals surface area contributed by atoms with Crippen LogP contribution in [-0.2, 0) is 19.1 Å². The number of aromatic nitrogens is 4. The minimum Gasteiger partial charge on any atom is -0.468 e. The van der Waals surface area contributed by atoms with Gasteiger partial charge >= 0.3 is 11.9 Å². The Morgan fingerprint density at radius 3 is 2.16 bits per heavy atom. The lowest BCUT2D eigenvalue weighted by Crippen LogP contribution is -2.38. The van der Waals surface area contributed by atoms with Crippen LogP contribution in [0.3, 0.4) is 0 Å². The molecule has 11 heteroatoms. The van der Waals surface area contributed by atoms with Gasteiger partial charge in [-0.05, 0) is 62.9 Å². The number of ether oxygens (including phenoxy) is 2. The van der Waals surface area contributed by atoms with Gasteiger partial charge in [-0.1, -0.05) is 20.8 Å². The van der Waals surface area contributed by atoms with Crippen LogP contribution in [0.2, 0.25) is 0 Å². The van der Waals surface area contributed by atoms with Gasteiger partial charge in [-0.25, -0.2) is 0 Å². The summed E-state index contributed by atoms with van der Waals surface area (Å²) < 4.78 is 11.5. The number of carbonyl (C=O) groups is 4. The fourth-order valence-electron chi connectivity index (χ4n) is 8.11. The van der Waals surface area contributed by atoms with Crippen LogP contribution in [0.4, 0.5) is 0 Å². The summed E-state index contributed by atoms with van der Waals surface area (Å²) in [5.41, 5.74) is 8.86. The van der Waals surface area contributed by atoms with Crippen LogP contribution in [0, 0.1) is 13.8 Å². The van der Waals surface area contributed by atoms with E-state index in [1.807, 2.05) is 60.1 Å². The van der Waals surface area contributed by atoms with E-state index >= 15 is 0 Å². The average molecular weight is 697 g/mol. The van der Waals surface area contributed by atoms with Gasteiger partial charge in [-0.15, -0.1) is 0 Å². The molecule has 5 heterocycles. The lowest BCUT2D eigenvalue weighted by molar-refractivity contribution is -0.870. The van der Waals surface area contributed by atoms with E-state index in [2.05, 4.69) is 23.8 Å². The topological polar surface area (TPSA) is 144 Å². The number of carbonyl (C=O) groups excluding carboxylic acids is 4. The zero-order valence-corrected chi connectivity index (χ0v) is 31.4. The number of methoxy groups -OCH3 is 1. The van der Waals surface area contributed by atoms with Gasteiger partial charge in [0.15, 0.2) is 11.6 Å². The first kappa shape index (κ1) is 36.2. The van der Waals surface area contributed by atoms with E-state index in [0.717, 1.165) is 40.0 Å². The van der Waals surface area contributed by atoms with Crippen molar-refractivity contribution in [1.82, 2.24) is 19.9 Å². The van der Waals surface area contributed by atoms with Gasteiger partial charge < -0.3 is 23.9 Å². The van der Waals surface area contributed by atoms with Crippen LogP contribution in [0.5, 0.6) is 0 Å². The largest absolute Gasteiger partial charge is 0.468 e. The summed E-state index contributed by atoms with van der Waals surface area (Å²) in [6.07, 6.45) is 1.39. The summed E-state index contributed by atoms with van der Waals surface area (Å²) in [5, 5.41) is 0. The van der Waals surface area contributed by atoms with E-state index in [4.69, 9.17) is 19.4 Å². The number of ketones is 2. The molecule has 51 heavy (non-hydrogen) atoms. The van der Waals surface area contributed by atoms with Gasteiger partial charge in [0.1, 0.15) is 19.1 Å². The number of hydrogen-bond acceptors (Lipinski definition) is 8. The lowest BCUT2D eigenvalue weighted by Gasteiger charge is -2.23. The number of rotatable bonds is 9. The number of Topliss-reactive ketones (excluding diaryl/α,β-unsaturated/α-hetero) is 2. The first-order chi connectivity index (χ1) is 24.1.